The summed E-state index contributed by atoms with van der Waals surface area (Å²) in [6.07, 6.45) is 10.2. The van der Waals surface area contributed by atoms with Gasteiger partial charge in [0.15, 0.2) is 0 Å². The van der Waals surface area contributed by atoms with Crippen LogP contribution in [0.3, 0.4) is 0 Å². The van der Waals surface area contributed by atoms with Crippen molar-refractivity contribution in [2.45, 2.75) is 46.5 Å². The lowest BCUT2D eigenvalue weighted by atomic mass is 9.81. The highest BCUT2D eigenvalue weighted by Gasteiger charge is 2.17. The van der Waals surface area contributed by atoms with Crippen LogP contribution in [0.15, 0.2) is 12.2 Å². The maximum absolute atomic E-state index is 2.41. The van der Waals surface area contributed by atoms with Gasteiger partial charge in [-0.2, -0.15) is 0 Å². The zero-order valence-corrected chi connectivity index (χ0v) is 8.06. The van der Waals surface area contributed by atoms with Crippen LogP contribution in [-0.2, 0) is 0 Å². The highest BCUT2D eigenvalue weighted by molar-refractivity contribution is 4.94. The van der Waals surface area contributed by atoms with Gasteiger partial charge in [-0.1, -0.05) is 32.9 Å². The molecule has 1 unspecified atom stereocenters. The summed E-state index contributed by atoms with van der Waals surface area (Å²) in [4.78, 5) is 0. The van der Waals surface area contributed by atoms with Gasteiger partial charge >= 0.3 is 0 Å². The van der Waals surface area contributed by atoms with E-state index in [0.717, 1.165) is 5.92 Å². The molecule has 0 N–H and O–H groups in total. The van der Waals surface area contributed by atoms with Crippen LogP contribution in [0.1, 0.15) is 46.5 Å². The first-order valence-corrected chi connectivity index (χ1v) is 4.74. The van der Waals surface area contributed by atoms with Gasteiger partial charge in [-0.25, -0.2) is 0 Å². The zero-order valence-electron chi connectivity index (χ0n) is 8.06. The average molecular weight is 152 g/mol. The normalized spacial score (nSPS) is 25.5. The van der Waals surface area contributed by atoms with Gasteiger partial charge in [-0.05, 0) is 37.0 Å². The van der Waals surface area contributed by atoms with Crippen LogP contribution in [0.5, 0.6) is 0 Å². The molecule has 0 heterocycles. The Kier molecular flexibility index (Phi) is 2.75. The van der Waals surface area contributed by atoms with Crippen molar-refractivity contribution in [2.75, 3.05) is 0 Å². The molecule has 0 saturated carbocycles. The molecule has 11 heavy (non-hydrogen) atoms. The van der Waals surface area contributed by atoms with Gasteiger partial charge in [-0.3, -0.25) is 0 Å². The first-order chi connectivity index (χ1) is 5.08. The third kappa shape index (κ3) is 3.60. The fraction of sp³-hybridized carbons (Fsp3) is 0.818. The molecule has 0 fully saturated rings. The number of hydrogen-bond acceptors (Lipinski definition) is 0. The highest BCUT2D eigenvalue weighted by Crippen LogP contribution is 2.30. The molecule has 1 rings (SSSR count). The molecule has 0 heteroatoms. The van der Waals surface area contributed by atoms with Crippen molar-refractivity contribution < 1.29 is 0 Å². The van der Waals surface area contributed by atoms with Gasteiger partial charge in [0.1, 0.15) is 0 Å². The van der Waals surface area contributed by atoms with Crippen LogP contribution < -0.4 is 0 Å². The molecule has 0 radical (unpaired) electrons. The maximum atomic E-state index is 2.41. The van der Waals surface area contributed by atoms with Crippen LogP contribution in [0.4, 0.5) is 0 Å². The summed E-state index contributed by atoms with van der Waals surface area (Å²) in [6, 6.07) is 0. The molecular formula is C11H20. The molecule has 0 spiro atoms. The third-order valence-electron chi connectivity index (χ3n) is 2.23. The number of allylic oxidation sites excluding steroid dienone is 2. The Labute approximate surface area is 70.7 Å². The van der Waals surface area contributed by atoms with Crippen LogP contribution in [-0.4, -0.2) is 0 Å². The summed E-state index contributed by atoms with van der Waals surface area (Å²) in [5.74, 6) is 0.865. The number of rotatable bonds is 1. The van der Waals surface area contributed by atoms with E-state index in [4.69, 9.17) is 0 Å². The molecule has 1 atom stereocenters. The molecule has 0 bridgehead atoms. The van der Waals surface area contributed by atoms with Crippen molar-refractivity contribution in [3.8, 4) is 0 Å². The second-order valence-corrected chi connectivity index (χ2v) is 4.88. The van der Waals surface area contributed by atoms with Crippen molar-refractivity contribution in [1.82, 2.24) is 0 Å². The van der Waals surface area contributed by atoms with E-state index in [2.05, 4.69) is 32.9 Å². The van der Waals surface area contributed by atoms with Crippen molar-refractivity contribution in [1.29, 1.82) is 0 Å². The SMILES string of the molecule is CC(C)(C)CC1C=CCCC1. The Morgan fingerprint density at radius 1 is 1.36 bits per heavy atom. The predicted molar refractivity (Wildman–Crippen MR) is 50.6 cm³/mol. The van der Waals surface area contributed by atoms with E-state index >= 15 is 0 Å². The molecule has 0 aromatic rings. The quantitative estimate of drug-likeness (QED) is 0.502. The second-order valence-electron chi connectivity index (χ2n) is 4.88. The lowest BCUT2D eigenvalue weighted by Gasteiger charge is -2.25. The lowest BCUT2D eigenvalue weighted by molar-refractivity contribution is 0.309. The Hall–Kier alpha value is -0.260. The van der Waals surface area contributed by atoms with Gasteiger partial charge in [0.25, 0.3) is 0 Å². The first kappa shape index (κ1) is 8.83. The standard InChI is InChI=1S/C11H20/c1-11(2,3)9-10-7-5-4-6-8-10/h5,7,10H,4,6,8-9H2,1-3H3. The molecular weight excluding hydrogens is 132 g/mol. The molecule has 0 aromatic heterocycles. The minimum Gasteiger partial charge on any atom is -0.0883 e. The van der Waals surface area contributed by atoms with Crippen molar-refractivity contribution in [2.24, 2.45) is 11.3 Å². The van der Waals surface area contributed by atoms with Gasteiger partial charge in [0.2, 0.25) is 0 Å². The van der Waals surface area contributed by atoms with E-state index in [1.54, 1.807) is 0 Å². The Morgan fingerprint density at radius 2 is 2.09 bits per heavy atom. The van der Waals surface area contributed by atoms with E-state index in [0.29, 0.717) is 5.41 Å². The molecule has 0 aliphatic heterocycles. The largest absolute Gasteiger partial charge is 0.0883 e. The smallest absolute Gasteiger partial charge is 0.0228 e. The van der Waals surface area contributed by atoms with E-state index in [9.17, 15) is 0 Å². The molecule has 0 amide bonds. The van der Waals surface area contributed by atoms with Gasteiger partial charge in [0.05, 0.1) is 0 Å². The fourth-order valence-electron chi connectivity index (χ4n) is 1.84. The van der Waals surface area contributed by atoms with Crippen LogP contribution >= 0.6 is 0 Å². The zero-order chi connectivity index (χ0) is 8.32. The summed E-state index contributed by atoms with van der Waals surface area (Å²) in [5, 5.41) is 0. The predicted octanol–water partition coefficient (Wildman–Crippen LogP) is 3.78. The maximum Gasteiger partial charge on any atom is -0.0228 e. The van der Waals surface area contributed by atoms with Crippen LogP contribution in [0, 0.1) is 11.3 Å². The summed E-state index contributed by atoms with van der Waals surface area (Å²) in [5.41, 5.74) is 0.506. The van der Waals surface area contributed by atoms with Gasteiger partial charge < -0.3 is 0 Å². The van der Waals surface area contributed by atoms with Crippen LogP contribution in [0.2, 0.25) is 0 Å². The molecule has 0 aromatic carbocycles. The van der Waals surface area contributed by atoms with Crippen molar-refractivity contribution in [3.05, 3.63) is 12.2 Å². The topological polar surface area (TPSA) is 0 Å². The van der Waals surface area contributed by atoms with Gasteiger partial charge in [0, 0.05) is 0 Å². The Bertz CT molecular complexity index is 137. The molecule has 0 nitrogen and oxygen atoms in total. The summed E-state index contributed by atoms with van der Waals surface area (Å²) in [6.45, 7) is 6.99. The molecule has 1 aliphatic carbocycles. The Morgan fingerprint density at radius 3 is 2.55 bits per heavy atom. The monoisotopic (exact) mass is 152 g/mol. The summed E-state index contributed by atoms with van der Waals surface area (Å²) >= 11 is 0. The van der Waals surface area contributed by atoms with E-state index in [-0.39, 0.29) is 0 Å². The van der Waals surface area contributed by atoms with E-state index in [1.807, 2.05) is 0 Å². The minimum absolute atomic E-state index is 0.506. The lowest BCUT2D eigenvalue weighted by Crippen LogP contribution is -2.13. The Balaban J connectivity index is 2.36. The minimum atomic E-state index is 0.506. The van der Waals surface area contributed by atoms with Gasteiger partial charge in [-0.15, -0.1) is 0 Å². The molecule has 0 saturated heterocycles. The van der Waals surface area contributed by atoms with Crippen LogP contribution in [0.25, 0.3) is 0 Å². The van der Waals surface area contributed by atoms with Crippen molar-refractivity contribution >= 4 is 0 Å². The number of hydrogen-bond donors (Lipinski definition) is 0. The average Bonchev–Trinajstić information content (AvgIpc) is 1.85. The third-order valence-corrected chi connectivity index (χ3v) is 2.23. The van der Waals surface area contributed by atoms with E-state index < -0.39 is 0 Å². The fourth-order valence-corrected chi connectivity index (χ4v) is 1.84. The summed E-state index contributed by atoms with van der Waals surface area (Å²) < 4.78 is 0. The molecule has 64 valence electrons. The van der Waals surface area contributed by atoms with E-state index in [1.165, 1.54) is 25.7 Å². The summed E-state index contributed by atoms with van der Waals surface area (Å²) in [7, 11) is 0. The van der Waals surface area contributed by atoms with Crippen molar-refractivity contribution in [3.63, 3.8) is 0 Å². The first-order valence-electron chi connectivity index (χ1n) is 4.74. The second kappa shape index (κ2) is 3.42. The highest BCUT2D eigenvalue weighted by atomic mass is 14.2. The molecule has 1 aliphatic rings.